The Hall–Kier alpha value is -1.75. The van der Waals surface area contributed by atoms with Crippen LogP contribution in [0.4, 0.5) is 4.39 Å². The molecule has 2 aliphatic rings. The second kappa shape index (κ2) is 7.94. The van der Waals surface area contributed by atoms with E-state index in [1.165, 1.54) is 13.2 Å². The Morgan fingerprint density at radius 2 is 2.14 bits per heavy atom. The molecule has 2 heterocycles. The number of halogens is 1. The molecule has 1 amide bonds. The van der Waals surface area contributed by atoms with Gasteiger partial charge in [-0.1, -0.05) is 6.07 Å². The molecule has 0 radical (unpaired) electrons. The molecule has 2 aliphatic heterocycles. The summed E-state index contributed by atoms with van der Waals surface area (Å²) in [5.41, 5.74) is 0.488. The summed E-state index contributed by atoms with van der Waals surface area (Å²) in [6.07, 6.45) is 1.01. The van der Waals surface area contributed by atoms with Gasteiger partial charge in [0.2, 0.25) is 15.9 Å². The number of sulfonamides is 1. The van der Waals surface area contributed by atoms with Crippen LogP contribution in [-0.4, -0.2) is 81.9 Å². The number of fused-ring (bicyclic) bond motifs is 1. The molecule has 2 atom stereocenters. The van der Waals surface area contributed by atoms with E-state index in [-0.39, 0.29) is 30.7 Å². The third-order valence-electron chi connectivity index (χ3n) is 5.60. The molecule has 28 heavy (non-hydrogen) atoms. The summed E-state index contributed by atoms with van der Waals surface area (Å²) in [6.45, 7) is 2.45. The first kappa shape index (κ1) is 21.0. The fourth-order valence-corrected chi connectivity index (χ4v) is 4.58. The number of amides is 1. The summed E-state index contributed by atoms with van der Waals surface area (Å²) >= 11 is 0. The fraction of sp³-hybridized carbons (Fsp3) is 0.611. The van der Waals surface area contributed by atoms with Gasteiger partial charge < -0.3 is 14.7 Å². The number of nitrogens with zero attached hydrogens (tertiary/aromatic N) is 2. The SMILES string of the molecule is COc1cc(CN2CC3CN(C(=O)CNS(C)(=O)=O)CC3(CO)C2)ccc1F. The number of methoxy groups -OCH3 is 1. The maximum Gasteiger partial charge on any atom is 0.237 e. The molecule has 2 saturated heterocycles. The van der Waals surface area contributed by atoms with E-state index >= 15 is 0 Å². The van der Waals surface area contributed by atoms with E-state index in [4.69, 9.17) is 4.74 Å². The molecule has 0 spiro atoms. The Balaban J connectivity index is 1.63. The maximum atomic E-state index is 13.6. The highest BCUT2D eigenvalue weighted by Crippen LogP contribution is 2.42. The van der Waals surface area contributed by atoms with Gasteiger partial charge in [-0.05, 0) is 23.6 Å². The Morgan fingerprint density at radius 1 is 1.39 bits per heavy atom. The molecule has 0 bridgehead atoms. The molecule has 1 aromatic rings. The van der Waals surface area contributed by atoms with Crippen LogP contribution in [0.25, 0.3) is 0 Å². The van der Waals surface area contributed by atoms with Crippen LogP contribution >= 0.6 is 0 Å². The number of hydrogen-bond donors (Lipinski definition) is 2. The highest BCUT2D eigenvalue weighted by atomic mass is 32.2. The van der Waals surface area contributed by atoms with Gasteiger partial charge in [-0.3, -0.25) is 9.69 Å². The standard InChI is InChI=1S/C18H26FN3O5S/c1-27-16-5-13(3-4-15(16)19)7-21-8-14-9-22(11-18(14,10-21)12-23)17(24)6-20-28(2,25)26/h3-5,14,20,23H,6-12H2,1-2H3. The number of benzene rings is 1. The zero-order valence-corrected chi connectivity index (χ0v) is 16.8. The molecule has 0 saturated carbocycles. The van der Waals surface area contributed by atoms with Crippen LogP contribution in [0.15, 0.2) is 18.2 Å². The average molecular weight is 415 g/mol. The lowest BCUT2D eigenvalue weighted by molar-refractivity contribution is -0.129. The molecule has 3 rings (SSSR count). The third-order valence-corrected chi connectivity index (χ3v) is 6.27. The number of aliphatic hydroxyl groups excluding tert-OH is 1. The monoisotopic (exact) mass is 415 g/mol. The summed E-state index contributed by atoms with van der Waals surface area (Å²) in [7, 11) is -2.01. The molecule has 2 N–H and O–H groups in total. The van der Waals surface area contributed by atoms with E-state index in [2.05, 4.69) is 9.62 Å². The molecule has 0 aliphatic carbocycles. The first-order valence-electron chi connectivity index (χ1n) is 9.04. The first-order chi connectivity index (χ1) is 13.2. The van der Waals surface area contributed by atoms with Crippen molar-refractivity contribution in [3.63, 3.8) is 0 Å². The zero-order chi connectivity index (χ0) is 20.5. The highest BCUT2D eigenvalue weighted by molar-refractivity contribution is 7.88. The molecule has 1 aromatic carbocycles. The summed E-state index contributed by atoms with van der Waals surface area (Å²) in [5, 5.41) is 10.0. The van der Waals surface area contributed by atoms with Crippen molar-refractivity contribution >= 4 is 15.9 Å². The van der Waals surface area contributed by atoms with E-state index in [0.29, 0.717) is 32.7 Å². The smallest absolute Gasteiger partial charge is 0.237 e. The zero-order valence-electron chi connectivity index (χ0n) is 16.0. The van der Waals surface area contributed by atoms with Crippen LogP contribution in [0.1, 0.15) is 5.56 Å². The van der Waals surface area contributed by atoms with Crippen LogP contribution < -0.4 is 9.46 Å². The van der Waals surface area contributed by atoms with Crippen LogP contribution in [0.5, 0.6) is 5.75 Å². The topological polar surface area (TPSA) is 99.2 Å². The van der Waals surface area contributed by atoms with Crippen molar-refractivity contribution in [1.82, 2.24) is 14.5 Å². The lowest BCUT2D eigenvalue weighted by Crippen LogP contribution is -2.42. The number of likely N-dealkylation sites (tertiary alicyclic amines) is 2. The quantitative estimate of drug-likeness (QED) is 0.631. The first-order valence-corrected chi connectivity index (χ1v) is 10.9. The largest absolute Gasteiger partial charge is 0.494 e. The predicted octanol–water partition coefficient (Wildman–Crippen LogP) is -0.364. The van der Waals surface area contributed by atoms with Gasteiger partial charge in [0, 0.05) is 38.1 Å². The number of rotatable bonds is 7. The van der Waals surface area contributed by atoms with Crippen molar-refractivity contribution < 1.29 is 27.4 Å². The molecule has 2 fully saturated rings. The fourth-order valence-electron chi connectivity index (χ4n) is 4.19. The maximum absolute atomic E-state index is 13.6. The number of ether oxygens (including phenoxy) is 1. The molecule has 10 heteroatoms. The van der Waals surface area contributed by atoms with Gasteiger partial charge in [-0.15, -0.1) is 0 Å². The number of carbonyl (C=O) groups is 1. The van der Waals surface area contributed by atoms with Crippen molar-refractivity contribution in [1.29, 1.82) is 0 Å². The molecule has 2 unspecified atom stereocenters. The molecular weight excluding hydrogens is 389 g/mol. The van der Waals surface area contributed by atoms with Crippen molar-refractivity contribution in [3.05, 3.63) is 29.6 Å². The van der Waals surface area contributed by atoms with Crippen LogP contribution in [0.2, 0.25) is 0 Å². The van der Waals surface area contributed by atoms with Crippen molar-refractivity contribution in [2.24, 2.45) is 11.3 Å². The van der Waals surface area contributed by atoms with E-state index in [9.17, 15) is 22.7 Å². The predicted molar refractivity (Wildman–Crippen MR) is 101 cm³/mol. The minimum absolute atomic E-state index is 0.0514. The second-order valence-electron chi connectivity index (χ2n) is 7.72. The van der Waals surface area contributed by atoms with Gasteiger partial charge in [-0.2, -0.15) is 0 Å². The van der Waals surface area contributed by atoms with Gasteiger partial charge in [0.25, 0.3) is 0 Å². The second-order valence-corrected chi connectivity index (χ2v) is 9.56. The summed E-state index contributed by atoms with van der Waals surface area (Å²) in [4.78, 5) is 16.1. The van der Waals surface area contributed by atoms with Crippen molar-refractivity contribution in [2.75, 3.05) is 52.7 Å². The van der Waals surface area contributed by atoms with Crippen molar-refractivity contribution in [2.45, 2.75) is 6.54 Å². The number of hydrogen-bond acceptors (Lipinski definition) is 6. The summed E-state index contributed by atoms with van der Waals surface area (Å²) < 4.78 is 43.2. The number of carbonyl (C=O) groups excluding carboxylic acids is 1. The lowest BCUT2D eigenvalue weighted by Gasteiger charge is -2.27. The number of aliphatic hydroxyl groups is 1. The molecule has 0 aromatic heterocycles. The number of nitrogens with one attached hydrogen (secondary N) is 1. The summed E-state index contributed by atoms with van der Waals surface area (Å²) in [5.74, 6) is -0.401. The lowest BCUT2D eigenvalue weighted by atomic mass is 9.82. The summed E-state index contributed by atoms with van der Waals surface area (Å²) in [6, 6.07) is 4.76. The minimum atomic E-state index is -3.43. The van der Waals surface area contributed by atoms with Gasteiger partial charge in [0.15, 0.2) is 11.6 Å². The Morgan fingerprint density at radius 3 is 2.75 bits per heavy atom. The molecule has 8 nitrogen and oxygen atoms in total. The van der Waals surface area contributed by atoms with E-state index in [1.807, 2.05) is 0 Å². The van der Waals surface area contributed by atoms with Gasteiger partial charge >= 0.3 is 0 Å². The molecule has 156 valence electrons. The normalized spacial score (nSPS) is 25.1. The average Bonchev–Trinajstić information content (AvgIpc) is 3.14. The Bertz CT molecular complexity index is 850. The highest BCUT2D eigenvalue weighted by Gasteiger charge is 2.52. The van der Waals surface area contributed by atoms with Gasteiger partial charge in [0.1, 0.15) is 0 Å². The van der Waals surface area contributed by atoms with Gasteiger partial charge in [0.05, 0.1) is 26.5 Å². The Kier molecular flexibility index (Phi) is 5.95. The van der Waals surface area contributed by atoms with Crippen LogP contribution in [0, 0.1) is 17.2 Å². The Labute approximate surface area is 164 Å². The van der Waals surface area contributed by atoms with E-state index < -0.39 is 21.3 Å². The van der Waals surface area contributed by atoms with E-state index in [0.717, 1.165) is 11.8 Å². The third kappa shape index (κ3) is 4.45. The van der Waals surface area contributed by atoms with Crippen molar-refractivity contribution in [3.8, 4) is 5.75 Å². The van der Waals surface area contributed by atoms with Crippen LogP contribution in [-0.2, 0) is 21.4 Å². The molecular formula is C18H26FN3O5S. The minimum Gasteiger partial charge on any atom is -0.494 e. The van der Waals surface area contributed by atoms with Gasteiger partial charge in [-0.25, -0.2) is 17.5 Å². The van der Waals surface area contributed by atoms with E-state index in [1.54, 1.807) is 17.0 Å². The van der Waals surface area contributed by atoms with Crippen LogP contribution in [0.3, 0.4) is 0 Å².